The first kappa shape index (κ1) is 17.8. The van der Waals surface area contributed by atoms with E-state index >= 15 is 0 Å². The molecule has 1 amide bonds. The fourth-order valence-corrected chi connectivity index (χ4v) is 1.47. The summed E-state index contributed by atoms with van der Waals surface area (Å²) in [5.41, 5.74) is 1.73. The summed E-state index contributed by atoms with van der Waals surface area (Å²) in [6.07, 6.45) is -5.08. The molecule has 0 saturated carbocycles. The molecule has 1 aliphatic rings. The molecule has 0 atom stereocenters. The maximum absolute atomic E-state index is 11.6. The largest absolute Gasteiger partial charge is 0.490 e. The van der Waals surface area contributed by atoms with E-state index in [0.717, 1.165) is 24.5 Å². The topological polar surface area (TPSA) is 104 Å². The average molecular weight is 320 g/mol. The van der Waals surface area contributed by atoms with Gasteiger partial charge in [-0.1, -0.05) is 0 Å². The van der Waals surface area contributed by atoms with Crippen LogP contribution in [-0.2, 0) is 9.59 Å². The summed E-state index contributed by atoms with van der Waals surface area (Å²) in [7, 11) is 0. The van der Waals surface area contributed by atoms with Crippen LogP contribution >= 0.6 is 0 Å². The number of aryl methyl sites for hydroxylation is 2. The lowest BCUT2D eigenvalue weighted by Crippen LogP contribution is -2.48. The smallest absolute Gasteiger partial charge is 0.475 e. The first-order valence-corrected chi connectivity index (χ1v) is 6.23. The minimum absolute atomic E-state index is 0.00116. The Morgan fingerprint density at radius 1 is 1.27 bits per heavy atom. The number of rotatable bonds is 2. The van der Waals surface area contributed by atoms with Crippen LogP contribution in [0, 0.1) is 19.8 Å². The van der Waals surface area contributed by atoms with Crippen LogP contribution in [0.1, 0.15) is 11.4 Å². The number of nitrogens with zero attached hydrogens (tertiary/aromatic N) is 2. The molecular weight excluding hydrogens is 305 g/mol. The molecule has 1 aromatic heterocycles. The van der Waals surface area contributed by atoms with Crippen molar-refractivity contribution in [2.45, 2.75) is 20.0 Å². The van der Waals surface area contributed by atoms with Crippen molar-refractivity contribution in [2.24, 2.45) is 5.92 Å². The third kappa shape index (κ3) is 5.64. The summed E-state index contributed by atoms with van der Waals surface area (Å²) < 4.78 is 31.7. The fourth-order valence-electron chi connectivity index (χ4n) is 1.47. The lowest BCUT2D eigenvalue weighted by Gasteiger charge is -2.25. The van der Waals surface area contributed by atoms with E-state index in [9.17, 15) is 18.0 Å². The second-order valence-electron chi connectivity index (χ2n) is 4.62. The molecule has 1 fully saturated rings. The number of carboxylic acids is 1. The van der Waals surface area contributed by atoms with Gasteiger partial charge in [-0.05, 0) is 19.9 Å². The second kappa shape index (κ2) is 7.16. The molecule has 122 valence electrons. The minimum atomic E-state index is -5.08. The number of hydrogen-bond donors (Lipinski definition) is 3. The first-order valence-electron chi connectivity index (χ1n) is 6.23. The zero-order chi connectivity index (χ0) is 16.9. The van der Waals surface area contributed by atoms with Gasteiger partial charge in [-0.3, -0.25) is 10.1 Å². The maximum atomic E-state index is 11.6. The lowest BCUT2D eigenvalue weighted by molar-refractivity contribution is -0.192. The number of alkyl halides is 3. The van der Waals surface area contributed by atoms with Crippen molar-refractivity contribution in [3.05, 3.63) is 17.5 Å². The van der Waals surface area contributed by atoms with E-state index in [1.54, 1.807) is 0 Å². The normalized spacial score (nSPS) is 14.4. The minimum Gasteiger partial charge on any atom is -0.475 e. The van der Waals surface area contributed by atoms with Crippen LogP contribution in [0.2, 0.25) is 0 Å². The monoisotopic (exact) mass is 320 g/mol. The number of anilines is 1. The van der Waals surface area contributed by atoms with Crippen molar-refractivity contribution in [2.75, 3.05) is 18.4 Å². The van der Waals surface area contributed by atoms with Crippen molar-refractivity contribution in [1.29, 1.82) is 0 Å². The number of nitrogens with one attached hydrogen (secondary N) is 2. The zero-order valence-electron chi connectivity index (χ0n) is 11.9. The SMILES string of the molecule is Cc1cc(C)nc(NC(=O)C2CNC2)n1.O=C(O)C(F)(F)F. The van der Waals surface area contributed by atoms with Gasteiger partial charge in [0.05, 0.1) is 5.92 Å². The van der Waals surface area contributed by atoms with Crippen molar-refractivity contribution in [1.82, 2.24) is 15.3 Å². The average Bonchev–Trinajstić information content (AvgIpc) is 2.23. The van der Waals surface area contributed by atoms with Gasteiger partial charge in [0.15, 0.2) is 0 Å². The van der Waals surface area contributed by atoms with Crippen LogP contribution in [0.25, 0.3) is 0 Å². The molecule has 0 radical (unpaired) electrons. The Hall–Kier alpha value is -2.23. The number of carbonyl (C=O) groups is 2. The molecule has 0 aromatic carbocycles. The van der Waals surface area contributed by atoms with Crippen molar-refractivity contribution < 1.29 is 27.9 Å². The highest BCUT2D eigenvalue weighted by molar-refractivity contribution is 5.91. The molecule has 1 aliphatic heterocycles. The number of aliphatic carboxylic acids is 1. The van der Waals surface area contributed by atoms with Crippen LogP contribution in [0.3, 0.4) is 0 Å². The van der Waals surface area contributed by atoms with Gasteiger partial charge in [0.1, 0.15) is 0 Å². The third-order valence-electron chi connectivity index (χ3n) is 2.61. The zero-order valence-corrected chi connectivity index (χ0v) is 11.9. The Bertz CT molecular complexity index is 539. The highest BCUT2D eigenvalue weighted by Crippen LogP contribution is 2.13. The molecule has 0 spiro atoms. The molecular formula is C12H15F3N4O3. The summed E-state index contributed by atoms with van der Waals surface area (Å²) in [5.74, 6) is -2.29. The van der Waals surface area contributed by atoms with E-state index < -0.39 is 12.1 Å². The molecule has 1 aromatic rings. The molecule has 2 heterocycles. The second-order valence-corrected chi connectivity index (χ2v) is 4.62. The van der Waals surface area contributed by atoms with E-state index in [-0.39, 0.29) is 11.8 Å². The molecule has 7 nitrogen and oxygen atoms in total. The predicted molar refractivity (Wildman–Crippen MR) is 70.2 cm³/mol. The quantitative estimate of drug-likeness (QED) is 0.747. The first-order chi connectivity index (χ1) is 10.1. The molecule has 1 saturated heterocycles. The van der Waals surface area contributed by atoms with Gasteiger partial charge in [-0.15, -0.1) is 0 Å². The van der Waals surface area contributed by atoms with Crippen LogP contribution in [-0.4, -0.2) is 46.2 Å². The number of halogens is 3. The summed E-state index contributed by atoms with van der Waals surface area (Å²) in [6, 6.07) is 1.88. The summed E-state index contributed by atoms with van der Waals surface area (Å²) in [5, 5.41) is 12.9. The van der Waals surface area contributed by atoms with Gasteiger partial charge < -0.3 is 10.4 Å². The molecule has 2 rings (SSSR count). The fraction of sp³-hybridized carbons (Fsp3) is 0.500. The molecule has 0 unspecified atom stereocenters. The molecule has 0 aliphatic carbocycles. The maximum Gasteiger partial charge on any atom is 0.490 e. The van der Waals surface area contributed by atoms with Crippen molar-refractivity contribution in [3.8, 4) is 0 Å². The van der Waals surface area contributed by atoms with E-state index in [4.69, 9.17) is 9.90 Å². The van der Waals surface area contributed by atoms with Gasteiger partial charge in [0.2, 0.25) is 11.9 Å². The standard InChI is InChI=1S/C10H14N4O.C2HF3O2/c1-6-3-7(2)13-10(12-6)14-9(15)8-4-11-5-8;3-2(4,5)1(6)7/h3,8,11H,4-5H2,1-2H3,(H,12,13,14,15);(H,6,7). The van der Waals surface area contributed by atoms with E-state index in [1.807, 2.05) is 19.9 Å². The molecule has 10 heteroatoms. The third-order valence-corrected chi connectivity index (χ3v) is 2.61. The highest BCUT2D eigenvalue weighted by Gasteiger charge is 2.38. The Morgan fingerprint density at radius 3 is 2.05 bits per heavy atom. The summed E-state index contributed by atoms with van der Waals surface area (Å²) in [4.78, 5) is 28.8. The van der Waals surface area contributed by atoms with Gasteiger partial charge in [0.25, 0.3) is 0 Å². The Labute approximate surface area is 124 Å². The predicted octanol–water partition coefficient (Wildman–Crippen LogP) is 0.885. The van der Waals surface area contributed by atoms with Gasteiger partial charge in [-0.25, -0.2) is 14.8 Å². The van der Waals surface area contributed by atoms with Gasteiger partial charge in [0, 0.05) is 24.5 Å². The molecule has 22 heavy (non-hydrogen) atoms. The Morgan fingerprint density at radius 2 is 1.73 bits per heavy atom. The van der Waals surface area contributed by atoms with Crippen LogP contribution < -0.4 is 10.6 Å². The highest BCUT2D eigenvalue weighted by atomic mass is 19.4. The van der Waals surface area contributed by atoms with Crippen LogP contribution in [0.4, 0.5) is 19.1 Å². The van der Waals surface area contributed by atoms with Crippen LogP contribution in [0.15, 0.2) is 6.07 Å². The lowest BCUT2D eigenvalue weighted by atomic mass is 10.0. The summed E-state index contributed by atoms with van der Waals surface area (Å²) in [6.45, 7) is 5.26. The Kier molecular flexibility index (Phi) is 5.80. The molecule has 3 N–H and O–H groups in total. The number of aromatic nitrogens is 2. The van der Waals surface area contributed by atoms with Crippen LogP contribution in [0.5, 0.6) is 0 Å². The molecule has 0 bridgehead atoms. The van der Waals surface area contributed by atoms with Gasteiger partial charge >= 0.3 is 12.1 Å². The van der Waals surface area contributed by atoms with E-state index in [0.29, 0.717) is 5.95 Å². The van der Waals surface area contributed by atoms with Crippen molar-refractivity contribution in [3.63, 3.8) is 0 Å². The van der Waals surface area contributed by atoms with Crippen molar-refractivity contribution >= 4 is 17.8 Å². The number of amides is 1. The Balaban J connectivity index is 0.000000295. The number of carbonyl (C=O) groups excluding carboxylic acids is 1. The summed E-state index contributed by atoms with van der Waals surface area (Å²) >= 11 is 0. The van der Waals surface area contributed by atoms with E-state index in [1.165, 1.54) is 0 Å². The van der Waals surface area contributed by atoms with E-state index in [2.05, 4.69) is 20.6 Å². The number of carboxylic acid groups (broad SMARTS) is 1. The number of hydrogen-bond acceptors (Lipinski definition) is 5. The van der Waals surface area contributed by atoms with Gasteiger partial charge in [-0.2, -0.15) is 13.2 Å².